The van der Waals surface area contributed by atoms with E-state index in [-0.39, 0.29) is 10.8 Å². The number of nitrogens with one attached hydrogen (secondary N) is 1. The number of ether oxygens (including phenoxy) is 1. The molecule has 1 aliphatic rings. The van der Waals surface area contributed by atoms with Crippen LogP contribution in [0.3, 0.4) is 0 Å². The Morgan fingerprint density at radius 3 is 2.33 bits per heavy atom. The van der Waals surface area contributed by atoms with Crippen LogP contribution in [0.4, 0.5) is 0 Å². The Labute approximate surface area is 129 Å². The summed E-state index contributed by atoms with van der Waals surface area (Å²) in [5.74, 6) is -0.816. The van der Waals surface area contributed by atoms with Gasteiger partial charge in [0, 0.05) is 0 Å². The van der Waals surface area contributed by atoms with E-state index in [2.05, 4.69) is 25.7 Å². The molecular formula is C17H31NO3. The van der Waals surface area contributed by atoms with Crippen molar-refractivity contribution in [1.29, 1.82) is 0 Å². The highest BCUT2D eigenvalue weighted by Gasteiger charge is 2.49. The molecule has 21 heavy (non-hydrogen) atoms. The van der Waals surface area contributed by atoms with E-state index in [9.17, 15) is 9.90 Å². The average molecular weight is 297 g/mol. The first-order chi connectivity index (χ1) is 9.51. The third-order valence-electron chi connectivity index (χ3n) is 3.99. The maximum atomic E-state index is 11.5. The predicted molar refractivity (Wildman–Crippen MR) is 85.1 cm³/mol. The van der Waals surface area contributed by atoms with Crippen LogP contribution < -0.4 is 5.32 Å². The van der Waals surface area contributed by atoms with Crippen molar-refractivity contribution in [2.45, 2.75) is 72.1 Å². The smallest absolute Gasteiger partial charge is 0.321 e. The summed E-state index contributed by atoms with van der Waals surface area (Å²) in [6.07, 6.45) is 5.67. The Bertz CT molecular complexity index is 378. The van der Waals surface area contributed by atoms with Crippen molar-refractivity contribution < 1.29 is 14.6 Å². The number of hydrogen-bond donors (Lipinski definition) is 2. The Hall–Kier alpha value is -0.870. The molecule has 1 atom stereocenters. The number of allylic oxidation sites excluding steroid dienone is 1. The van der Waals surface area contributed by atoms with Gasteiger partial charge in [0.15, 0.2) is 0 Å². The molecule has 0 amide bonds. The van der Waals surface area contributed by atoms with E-state index in [0.29, 0.717) is 6.61 Å². The molecule has 1 saturated carbocycles. The van der Waals surface area contributed by atoms with Gasteiger partial charge in [-0.05, 0) is 36.5 Å². The molecule has 0 spiro atoms. The normalized spacial score (nSPS) is 19.1. The van der Waals surface area contributed by atoms with Crippen molar-refractivity contribution in [3.63, 3.8) is 0 Å². The van der Waals surface area contributed by atoms with Crippen LogP contribution in [-0.4, -0.2) is 29.4 Å². The second-order valence-corrected chi connectivity index (χ2v) is 8.06. The van der Waals surface area contributed by atoms with Gasteiger partial charge in [0.05, 0.1) is 6.61 Å². The van der Waals surface area contributed by atoms with Crippen molar-refractivity contribution in [2.75, 3.05) is 6.61 Å². The topological polar surface area (TPSA) is 58.6 Å². The molecule has 0 aliphatic heterocycles. The lowest BCUT2D eigenvalue weighted by Gasteiger charge is -2.34. The van der Waals surface area contributed by atoms with Crippen LogP contribution >= 0.6 is 0 Å². The zero-order valence-corrected chi connectivity index (χ0v) is 14.2. The van der Waals surface area contributed by atoms with Crippen LogP contribution in [-0.2, 0) is 9.53 Å². The average Bonchev–Trinajstić information content (AvgIpc) is 3.10. The summed E-state index contributed by atoms with van der Waals surface area (Å²) >= 11 is 0. The van der Waals surface area contributed by atoms with E-state index in [0.717, 1.165) is 25.7 Å². The van der Waals surface area contributed by atoms with E-state index in [1.807, 2.05) is 26.8 Å². The molecule has 0 radical (unpaired) electrons. The molecule has 4 nitrogen and oxygen atoms in total. The fourth-order valence-corrected chi connectivity index (χ4v) is 2.25. The lowest BCUT2D eigenvalue weighted by Crippen LogP contribution is -2.53. The second kappa shape index (κ2) is 6.49. The molecule has 0 bridgehead atoms. The molecule has 2 N–H and O–H groups in total. The number of carbonyl (C=O) groups is 1. The van der Waals surface area contributed by atoms with Gasteiger partial charge < -0.3 is 9.84 Å². The summed E-state index contributed by atoms with van der Waals surface area (Å²) < 4.78 is 6.07. The summed E-state index contributed by atoms with van der Waals surface area (Å²) in [7, 11) is 0. The molecule has 0 aromatic carbocycles. The Morgan fingerprint density at radius 1 is 1.38 bits per heavy atom. The molecule has 4 heteroatoms. The van der Waals surface area contributed by atoms with Crippen LogP contribution in [0.15, 0.2) is 12.7 Å². The number of carboxylic acid groups (broad SMARTS) is 1. The van der Waals surface area contributed by atoms with Gasteiger partial charge >= 0.3 is 5.97 Å². The molecule has 1 rings (SSSR count). The van der Waals surface area contributed by atoms with Gasteiger partial charge in [-0.25, -0.2) is 0 Å². The molecule has 1 aliphatic carbocycles. The predicted octanol–water partition coefficient (Wildman–Crippen LogP) is 3.57. The third kappa shape index (κ3) is 5.79. The quantitative estimate of drug-likeness (QED) is 0.504. The minimum absolute atomic E-state index is 0.0753. The van der Waals surface area contributed by atoms with Crippen LogP contribution in [0.25, 0.3) is 0 Å². The maximum absolute atomic E-state index is 11.5. The highest BCUT2D eigenvalue weighted by Crippen LogP contribution is 2.40. The largest absolute Gasteiger partial charge is 0.480 e. The van der Waals surface area contributed by atoms with E-state index in [1.165, 1.54) is 0 Å². The fraction of sp³-hybridized carbons (Fsp3) is 0.824. The first-order valence-corrected chi connectivity index (χ1v) is 7.77. The molecule has 0 saturated heterocycles. The summed E-state index contributed by atoms with van der Waals surface area (Å²) in [5.41, 5.74) is -0.711. The molecule has 122 valence electrons. The number of carboxylic acids is 1. The van der Waals surface area contributed by atoms with E-state index in [4.69, 9.17) is 4.74 Å². The highest BCUT2D eigenvalue weighted by atomic mass is 16.5. The maximum Gasteiger partial charge on any atom is 0.321 e. The van der Waals surface area contributed by atoms with Gasteiger partial charge in [0.1, 0.15) is 11.8 Å². The third-order valence-corrected chi connectivity index (χ3v) is 3.99. The van der Waals surface area contributed by atoms with Gasteiger partial charge in [-0.3, -0.25) is 10.1 Å². The molecule has 0 aromatic rings. The first-order valence-electron chi connectivity index (χ1n) is 7.77. The van der Waals surface area contributed by atoms with Crippen molar-refractivity contribution in [1.82, 2.24) is 5.32 Å². The zero-order chi connectivity index (χ0) is 16.3. The number of rotatable bonds is 9. The van der Waals surface area contributed by atoms with E-state index >= 15 is 0 Å². The standard InChI is InChI=1S/C17H31NO3/c1-7-8-9-16(5,6)12-21-17(10-11-17)18-13(14(19)20)15(2,3)4/h7,13,18H,1,8-12H2,2-6H3,(H,19,20). The molecule has 1 fully saturated rings. The van der Waals surface area contributed by atoms with E-state index < -0.39 is 17.7 Å². The van der Waals surface area contributed by atoms with Gasteiger partial charge in [0.25, 0.3) is 0 Å². The number of aliphatic carboxylic acids is 1. The van der Waals surface area contributed by atoms with Crippen LogP contribution in [0.5, 0.6) is 0 Å². The van der Waals surface area contributed by atoms with Gasteiger partial charge in [-0.15, -0.1) is 6.58 Å². The summed E-state index contributed by atoms with van der Waals surface area (Å²) in [4.78, 5) is 11.5. The Morgan fingerprint density at radius 2 is 1.95 bits per heavy atom. The van der Waals surface area contributed by atoms with Crippen molar-refractivity contribution in [3.05, 3.63) is 12.7 Å². The summed E-state index contributed by atoms with van der Waals surface area (Å²) in [6.45, 7) is 14.5. The zero-order valence-electron chi connectivity index (χ0n) is 14.2. The minimum Gasteiger partial charge on any atom is -0.480 e. The van der Waals surface area contributed by atoms with Crippen molar-refractivity contribution >= 4 is 5.97 Å². The van der Waals surface area contributed by atoms with Crippen LogP contribution in [0.1, 0.15) is 60.3 Å². The SMILES string of the molecule is C=CCCC(C)(C)COC1(NC(C(=O)O)C(C)(C)C)CC1. The Kier molecular flexibility index (Phi) is 5.62. The van der Waals surface area contributed by atoms with Gasteiger partial charge in [-0.1, -0.05) is 40.7 Å². The number of hydrogen-bond acceptors (Lipinski definition) is 3. The fourth-order valence-electron chi connectivity index (χ4n) is 2.25. The van der Waals surface area contributed by atoms with Crippen molar-refractivity contribution in [2.24, 2.45) is 10.8 Å². The van der Waals surface area contributed by atoms with E-state index in [1.54, 1.807) is 0 Å². The van der Waals surface area contributed by atoms with Crippen molar-refractivity contribution in [3.8, 4) is 0 Å². The molecule has 0 aromatic heterocycles. The highest BCUT2D eigenvalue weighted by molar-refractivity contribution is 5.74. The Balaban J connectivity index is 2.58. The first kappa shape index (κ1) is 18.2. The van der Waals surface area contributed by atoms with Gasteiger partial charge in [0.2, 0.25) is 0 Å². The lowest BCUT2D eigenvalue weighted by atomic mass is 9.86. The van der Waals surface area contributed by atoms with Crippen LogP contribution in [0.2, 0.25) is 0 Å². The van der Waals surface area contributed by atoms with Crippen LogP contribution in [0, 0.1) is 10.8 Å². The molecule has 0 heterocycles. The molecule has 1 unspecified atom stereocenters. The summed E-state index contributed by atoms with van der Waals surface area (Å²) in [5, 5.41) is 12.6. The second-order valence-electron chi connectivity index (χ2n) is 8.06. The summed E-state index contributed by atoms with van der Waals surface area (Å²) in [6, 6.07) is -0.601. The van der Waals surface area contributed by atoms with Gasteiger partial charge in [-0.2, -0.15) is 0 Å². The minimum atomic E-state index is -0.816. The lowest BCUT2D eigenvalue weighted by molar-refractivity contribution is -0.145. The monoisotopic (exact) mass is 297 g/mol. The molecular weight excluding hydrogens is 266 g/mol.